The second kappa shape index (κ2) is 8.40. The Hall–Kier alpha value is -3.26. The topological polar surface area (TPSA) is 73.3 Å². The molecular formula is C21H18FN3O3S. The van der Waals surface area contributed by atoms with Crippen molar-refractivity contribution in [3.63, 3.8) is 0 Å². The summed E-state index contributed by atoms with van der Waals surface area (Å²) in [5.41, 5.74) is 1.76. The quantitative estimate of drug-likeness (QED) is 0.629. The lowest BCUT2D eigenvalue weighted by molar-refractivity contribution is -0.116. The minimum atomic E-state index is -0.372. The molecule has 148 valence electrons. The van der Waals surface area contributed by atoms with Crippen LogP contribution in [0, 0.1) is 5.82 Å². The van der Waals surface area contributed by atoms with E-state index in [0.29, 0.717) is 35.9 Å². The summed E-state index contributed by atoms with van der Waals surface area (Å²) in [6, 6.07) is 10.0. The highest BCUT2D eigenvalue weighted by Gasteiger charge is 2.27. The Morgan fingerprint density at radius 3 is 3.00 bits per heavy atom. The molecule has 3 aromatic rings. The third kappa shape index (κ3) is 4.43. The van der Waals surface area contributed by atoms with Gasteiger partial charge in [0, 0.05) is 34.6 Å². The number of nitrogens with zero attached hydrogens (tertiary/aromatic N) is 2. The van der Waals surface area contributed by atoms with Crippen LogP contribution in [-0.2, 0) is 11.2 Å². The van der Waals surface area contributed by atoms with Gasteiger partial charge < -0.3 is 14.8 Å². The predicted molar refractivity (Wildman–Crippen MR) is 108 cm³/mol. The fraction of sp³-hybridized carbons (Fsp3) is 0.190. The molecule has 1 atom stereocenters. The molecule has 0 saturated heterocycles. The predicted octanol–water partition coefficient (Wildman–Crippen LogP) is 3.49. The van der Waals surface area contributed by atoms with Crippen molar-refractivity contribution in [2.45, 2.75) is 12.5 Å². The molecule has 0 fully saturated rings. The molecule has 6 nitrogen and oxygen atoms in total. The Bertz CT molecular complexity index is 1040. The van der Waals surface area contributed by atoms with Gasteiger partial charge in [0.1, 0.15) is 17.7 Å². The molecule has 1 aromatic carbocycles. The summed E-state index contributed by atoms with van der Waals surface area (Å²) >= 11 is 1.56. The maximum Gasteiger partial charge on any atom is 0.244 e. The van der Waals surface area contributed by atoms with E-state index in [1.165, 1.54) is 25.3 Å². The van der Waals surface area contributed by atoms with Crippen LogP contribution in [0.4, 0.5) is 4.39 Å². The van der Waals surface area contributed by atoms with Crippen LogP contribution in [0.25, 0.3) is 17.3 Å². The average Bonchev–Trinajstić information content (AvgIpc) is 3.39. The van der Waals surface area contributed by atoms with Crippen LogP contribution < -0.4 is 14.8 Å². The summed E-state index contributed by atoms with van der Waals surface area (Å²) in [7, 11) is 1.50. The van der Waals surface area contributed by atoms with E-state index in [4.69, 9.17) is 9.47 Å². The van der Waals surface area contributed by atoms with Crippen LogP contribution in [0.3, 0.4) is 0 Å². The first-order chi connectivity index (χ1) is 14.1. The van der Waals surface area contributed by atoms with E-state index in [0.717, 1.165) is 10.4 Å². The van der Waals surface area contributed by atoms with Crippen molar-refractivity contribution in [2.75, 3.05) is 13.7 Å². The van der Waals surface area contributed by atoms with E-state index in [2.05, 4.69) is 15.5 Å². The lowest BCUT2D eigenvalue weighted by Crippen LogP contribution is -2.33. The van der Waals surface area contributed by atoms with Gasteiger partial charge in [-0.2, -0.15) is 0 Å². The fourth-order valence-corrected chi connectivity index (χ4v) is 3.71. The number of halogens is 1. The molecule has 1 aliphatic rings. The molecule has 1 N–H and O–H groups in total. The number of ether oxygens (including phenoxy) is 2. The summed E-state index contributed by atoms with van der Waals surface area (Å²) in [6.45, 7) is 0.317. The number of methoxy groups -OCH3 is 1. The third-order valence-corrected chi connectivity index (χ3v) is 5.27. The molecule has 0 radical (unpaired) electrons. The molecule has 8 heteroatoms. The number of carbonyl (C=O) groups excluding carboxylic acids is 1. The molecule has 3 heterocycles. The van der Waals surface area contributed by atoms with Gasteiger partial charge in [-0.3, -0.25) is 4.79 Å². The Balaban J connectivity index is 1.44. The number of fused-ring (bicyclic) bond motifs is 1. The number of thiophene rings is 1. The molecule has 2 aromatic heterocycles. The number of amides is 1. The minimum absolute atomic E-state index is 0.203. The van der Waals surface area contributed by atoms with Gasteiger partial charge in [0.05, 0.1) is 19.3 Å². The van der Waals surface area contributed by atoms with Crippen molar-refractivity contribution < 1.29 is 18.7 Å². The first-order valence-electron chi connectivity index (χ1n) is 8.99. The summed E-state index contributed by atoms with van der Waals surface area (Å²) in [6.07, 6.45) is 3.47. The van der Waals surface area contributed by atoms with Gasteiger partial charge in [-0.15, -0.1) is 21.5 Å². The van der Waals surface area contributed by atoms with Crippen molar-refractivity contribution >= 4 is 23.3 Å². The molecule has 0 aliphatic carbocycles. The Morgan fingerprint density at radius 2 is 2.28 bits per heavy atom. The number of carbonyl (C=O) groups is 1. The summed E-state index contributed by atoms with van der Waals surface area (Å²) in [4.78, 5) is 13.0. The highest BCUT2D eigenvalue weighted by molar-refractivity contribution is 7.10. The number of benzene rings is 1. The van der Waals surface area contributed by atoms with Crippen molar-refractivity contribution in [3.05, 3.63) is 64.1 Å². The zero-order valence-electron chi connectivity index (χ0n) is 15.6. The molecule has 0 spiro atoms. The van der Waals surface area contributed by atoms with Gasteiger partial charge in [-0.25, -0.2) is 4.39 Å². The van der Waals surface area contributed by atoms with Crippen molar-refractivity contribution in [3.8, 4) is 22.9 Å². The molecule has 4 rings (SSSR count). The monoisotopic (exact) mass is 411 g/mol. The van der Waals surface area contributed by atoms with Crippen molar-refractivity contribution in [1.29, 1.82) is 0 Å². The van der Waals surface area contributed by atoms with E-state index in [-0.39, 0.29) is 17.8 Å². The highest BCUT2D eigenvalue weighted by Crippen LogP contribution is 2.38. The first kappa shape index (κ1) is 19.1. The molecule has 0 saturated carbocycles. The van der Waals surface area contributed by atoms with Gasteiger partial charge in [0.15, 0.2) is 0 Å². The average molecular weight is 411 g/mol. The number of nitrogens with one attached hydrogen (secondary N) is 1. The highest BCUT2D eigenvalue weighted by atomic mass is 32.1. The molecule has 29 heavy (non-hydrogen) atoms. The molecule has 0 unspecified atom stereocenters. The van der Waals surface area contributed by atoms with E-state index in [9.17, 15) is 9.18 Å². The molecule has 1 amide bonds. The van der Waals surface area contributed by atoms with Gasteiger partial charge in [-0.05, 0) is 35.7 Å². The molecular weight excluding hydrogens is 393 g/mol. The second-order valence-electron chi connectivity index (χ2n) is 6.44. The number of hydrogen-bond donors (Lipinski definition) is 1. The maximum atomic E-state index is 14.1. The van der Waals surface area contributed by atoms with Crippen LogP contribution >= 0.6 is 11.3 Å². The second-order valence-corrected chi connectivity index (χ2v) is 7.42. The van der Waals surface area contributed by atoms with E-state index in [1.54, 1.807) is 29.5 Å². The fourth-order valence-electron chi connectivity index (χ4n) is 3.09. The Labute approximate surface area is 171 Å². The zero-order chi connectivity index (χ0) is 20.2. The largest absolute Gasteiger partial charge is 0.487 e. The lowest BCUT2D eigenvalue weighted by Gasteiger charge is -2.12. The first-order valence-corrected chi connectivity index (χ1v) is 9.87. The maximum absolute atomic E-state index is 14.1. The normalized spacial score (nSPS) is 15.2. The van der Waals surface area contributed by atoms with Gasteiger partial charge in [-0.1, -0.05) is 6.07 Å². The Kier molecular flexibility index (Phi) is 5.53. The zero-order valence-corrected chi connectivity index (χ0v) is 16.4. The van der Waals surface area contributed by atoms with Crippen LogP contribution in [0.1, 0.15) is 10.4 Å². The minimum Gasteiger partial charge on any atom is -0.487 e. The lowest BCUT2D eigenvalue weighted by atomic mass is 10.0. The van der Waals surface area contributed by atoms with Gasteiger partial charge in [0.2, 0.25) is 11.8 Å². The number of aromatic nitrogens is 2. The third-order valence-electron chi connectivity index (χ3n) is 4.43. The number of rotatable bonds is 6. The summed E-state index contributed by atoms with van der Waals surface area (Å²) in [5.74, 6) is 0.368. The van der Waals surface area contributed by atoms with Crippen LogP contribution in [0.5, 0.6) is 11.6 Å². The SMILES string of the molecule is COc1ccc(-c2cc(F)cc3c2O[C@@H](CNC(=O)/C=C/c2cccs2)C3)nn1. The number of hydrogen-bond acceptors (Lipinski definition) is 6. The van der Waals surface area contributed by atoms with E-state index >= 15 is 0 Å². The summed E-state index contributed by atoms with van der Waals surface area (Å²) in [5, 5.41) is 12.8. The smallest absolute Gasteiger partial charge is 0.244 e. The van der Waals surface area contributed by atoms with Gasteiger partial charge in [0.25, 0.3) is 0 Å². The van der Waals surface area contributed by atoms with Crippen LogP contribution in [-0.4, -0.2) is 35.9 Å². The van der Waals surface area contributed by atoms with Gasteiger partial charge >= 0.3 is 0 Å². The molecule has 1 aliphatic heterocycles. The molecule has 0 bridgehead atoms. The van der Waals surface area contributed by atoms with Crippen molar-refractivity contribution in [2.24, 2.45) is 0 Å². The summed E-state index contributed by atoms with van der Waals surface area (Å²) < 4.78 is 25.1. The van der Waals surface area contributed by atoms with Crippen LogP contribution in [0.2, 0.25) is 0 Å². The van der Waals surface area contributed by atoms with E-state index < -0.39 is 0 Å². The van der Waals surface area contributed by atoms with E-state index in [1.807, 2.05) is 17.5 Å². The Morgan fingerprint density at radius 1 is 1.38 bits per heavy atom. The van der Waals surface area contributed by atoms with Crippen LogP contribution in [0.15, 0.2) is 47.9 Å². The standard InChI is InChI=1S/C21H18FN3O3S/c1-27-20-7-5-18(24-25-20)17-11-14(22)9-13-10-15(28-21(13)17)12-23-19(26)6-4-16-3-2-8-29-16/h2-9,11,15H,10,12H2,1H3,(H,23,26)/b6-4+/t15-/m1/s1. The van der Waals surface area contributed by atoms with Crippen molar-refractivity contribution in [1.82, 2.24) is 15.5 Å².